The van der Waals surface area contributed by atoms with E-state index in [9.17, 15) is 24.1 Å². The van der Waals surface area contributed by atoms with Crippen LogP contribution in [0.2, 0.25) is 0 Å². The second kappa shape index (κ2) is 5.58. The number of rotatable bonds is 2. The zero-order valence-electron chi connectivity index (χ0n) is 11.4. The van der Waals surface area contributed by atoms with Gasteiger partial charge in [0.05, 0.1) is 20.6 Å². The van der Waals surface area contributed by atoms with Crippen LogP contribution in [0.4, 0.5) is 10.1 Å². The predicted octanol–water partition coefficient (Wildman–Crippen LogP) is 2.56. The summed E-state index contributed by atoms with van der Waals surface area (Å²) in [4.78, 5) is 34.7. The summed E-state index contributed by atoms with van der Waals surface area (Å²) in [6.07, 6.45) is 4.18. The van der Waals surface area contributed by atoms with Crippen molar-refractivity contribution in [3.8, 4) is 5.69 Å². The van der Waals surface area contributed by atoms with Crippen molar-refractivity contribution in [1.82, 2.24) is 4.57 Å². The molecule has 2 aromatic rings. The van der Waals surface area contributed by atoms with Crippen LogP contribution >= 0.6 is 15.9 Å². The summed E-state index contributed by atoms with van der Waals surface area (Å²) in [5.74, 6) is -1.92. The molecule has 3 rings (SSSR count). The first kappa shape index (κ1) is 15.3. The summed E-state index contributed by atoms with van der Waals surface area (Å²) in [6.45, 7) is 0. The van der Waals surface area contributed by atoms with Gasteiger partial charge in [0.25, 0.3) is 11.2 Å². The first-order chi connectivity index (χ1) is 10.9. The zero-order valence-corrected chi connectivity index (χ0v) is 13.0. The van der Waals surface area contributed by atoms with Crippen LogP contribution in [-0.2, 0) is 6.42 Å². The summed E-state index contributed by atoms with van der Waals surface area (Å²) in [6, 6.07) is 1.65. The molecule has 0 radical (unpaired) electrons. The van der Waals surface area contributed by atoms with Gasteiger partial charge in [0.1, 0.15) is 11.6 Å². The number of nitrogens with zero attached hydrogens (tertiary/aromatic N) is 2. The van der Waals surface area contributed by atoms with Crippen molar-refractivity contribution in [2.75, 3.05) is 0 Å². The normalized spacial score (nSPS) is 13.0. The minimum atomic E-state index is -1.10. The Balaban J connectivity index is 2.34. The van der Waals surface area contributed by atoms with Crippen molar-refractivity contribution in [3.05, 3.63) is 70.8 Å². The fourth-order valence-corrected chi connectivity index (χ4v) is 2.81. The van der Waals surface area contributed by atoms with Gasteiger partial charge < -0.3 is 4.42 Å². The molecule has 0 amide bonds. The number of nitro groups is 1. The Kier molecular flexibility index (Phi) is 3.72. The zero-order chi connectivity index (χ0) is 16.7. The number of benzene rings is 1. The van der Waals surface area contributed by atoms with Crippen LogP contribution in [0.25, 0.3) is 11.8 Å². The van der Waals surface area contributed by atoms with Crippen LogP contribution in [0, 0.1) is 15.9 Å². The van der Waals surface area contributed by atoms with Gasteiger partial charge in [0.15, 0.2) is 0 Å². The average Bonchev–Trinajstić information content (AvgIpc) is 2.49. The van der Waals surface area contributed by atoms with Crippen molar-refractivity contribution in [2.45, 2.75) is 12.8 Å². The highest BCUT2D eigenvalue weighted by atomic mass is 79.9. The van der Waals surface area contributed by atoms with Crippen LogP contribution in [0.3, 0.4) is 0 Å². The number of nitro benzene ring substituents is 1. The number of allylic oxidation sites excluding steroid dienone is 1. The Labute approximate surface area is 135 Å². The third-order valence-corrected chi connectivity index (χ3v) is 4.06. The second-order valence-electron chi connectivity index (χ2n) is 4.80. The molecule has 0 saturated carbocycles. The summed E-state index contributed by atoms with van der Waals surface area (Å²) < 4.78 is 19.6. The number of hydrogen-bond donors (Lipinski definition) is 0. The van der Waals surface area contributed by atoms with Gasteiger partial charge in [-0.25, -0.2) is 13.8 Å². The number of fused-ring (bicyclic) bond motifs is 1. The minimum Gasteiger partial charge on any atom is -0.409 e. The Bertz CT molecular complexity index is 976. The van der Waals surface area contributed by atoms with Gasteiger partial charge in [-0.15, -0.1) is 0 Å². The van der Waals surface area contributed by atoms with Crippen LogP contribution in [-0.4, -0.2) is 9.49 Å². The highest BCUT2D eigenvalue weighted by molar-refractivity contribution is 9.10. The third kappa shape index (κ3) is 2.52. The summed E-state index contributed by atoms with van der Waals surface area (Å²) in [5.41, 5.74) is -1.49. The molecule has 23 heavy (non-hydrogen) atoms. The molecule has 0 bridgehead atoms. The first-order valence-corrected chi connectivity index (χ1v) is 7.29. The van der Waals surface area contributed by atoms with E-state index in [1.54, 1.807) is 6.08 Å². The lowest BCUT2D eigenvalue weighted by Crippen LogP contribution is -2.35. The molecule has 1 aromatic heterocycles. The molecule has 7 nitrogen and oxygen atoms in total. The molecule has 1 aromatic carbocycles. The Hall–Kier alpha value is -2.55. The van der Waals surface area contributed by atoms with E-state index >= 15 is 0 Å². The van der Waals surface area contributed by atoms with E-state index in [0.29, 0.717) is 17.4 Å². The Morgan fingerprint density at radius 1 is 1.35 bits per heavy atom. The molecule has 118 valence electrons. The fourth-order valence-electron chi connectivity index (χ4n) is 2.35. The maximum atomic E-state index is 14.2. The van der Waals surface area contributed by atoms with Gasteiger partial charge in [-0.2, -0.15) is 0 Å². The highest BCUT2D eigenvalue weighted by Crippen LogP contribution is 2.29. The number of halogens is 2. The molecule has 0 aliphatic heterocycles. The van der Waals surface area contributed by atoms with E-state index in [1.807, 2.05) is 0 Å². The second-order valence-corrected chi connectivity index (χ2v) is 5.66. The molecule has 1 heterocycles. The fraction of sp³-hybridized carbons (Fsp3) is 0.143. The molecular weight excluding hydrogens is 375 g/mol. The van der Waals surface area contributed by atoms with E-state index in [1.165, 1.54) is 6.08 Å². The molecule has 9 heteroatoms. The van der Waals surface area contributed by atoms with E-state index in [2.05, 4.69) is 15.9 Å². The maximum absolute atomic E-state index is 14.2. The highest BCUT2D eigenvalue weighted by Gasteiger charge is 2.23. The maximum Gasteiger partial charge on any atom is 0.427 e. The lowest BCUT2D eigenvalue weighted by atomic mass is 10.0. The monoisotopic (exact) mass is 382 g/mol. The average molecular weight is 383 g/mol. The standard InChI is InChI=1S/C14H8BrFN2O5/c15-8-5-9(16)11(6-10(8)18(21)22)17-13(19)7-3-1-2-4-12(7)23-14(17)20/h2,4-6H,1,3H2. The molecular formula is C14H8BrFN2O5. The number of hydrogen-bond acceptors (Lipinski definition) is 5. The molecule has 0 atom stereocenters. The van der Waals surface area contributed by atoms with E-state index in [4.69, 9.17) is 4.42 Å². The Morgan fingerprint density at radius 3 is 2.78 bits per heavy atom. The van der Waals surface area contributed by atoms with E-state index in [0.717, 1.165) is 12.1 Å². The van der Waals surface area contributed by atoms with Gasteiger partial charge in [-0.1, -0.05) is 6.08 Å². The van der Waals surface area contributed by atoms with Crippen molar-refractivity contribution >= 4 is 27.7 Å². The van der Waals surface area contributed by atoms with Crippen molar-refractivity contribution < 1.29 is 13.7 Å². The third-order valence-electron chi connectivity index (χ3n) is 3.42. The molecule has 1 aliphatic carbocycles. The summed E-state index contributed by atoms with van der Waals surface area (Å²) >= 11 is 2.87. The van der Waals surface area contributed by atoms with Crippen LogP contribution in [0.15, 0.2) is 36.7 Å². The lowest BCUT2D eigenvalue weighted by Gasteiger charge is -2.11. The molecule has 0 fully saturated rings. The van der Waals surface area contributed by atoms with Gasteiger partial charge in [0, 0.05) is 6.07 Å². The molecule has 0 saturated heterocycles. The van der Waals surface area contributed by atoms with Crippen molar-refractivity contribution in [3.63, 3.8) is 0 Å². The Morgan fingerprint density at radius 2 is 2.09 bits per heavy atom. The first-order valence-electron chi connectivity index (χ1n) is 6.49. The molecule has 0 N–H and O–H groups in total. The quantitative estimate of drug-likeness (QED) is 0.587. The van der Waals surface area contributed by atoms with Crippen molar-refractivity contribution in [2.24, 2.45) is 0 Å². The van der Waals surface area contributed by atoms with Crippen LogP contribution in [0.1, 0.15) is 17.7 Å². The van der Waals surface area contributed by atoms with Gasteiger partial charge in [-0.05, 0) is 40.9 Å². The van der Waals surface area contributed by atoms with E-state index in [-0.39, 0.29) is 15.8 Å². The molecule has 0 unspecified atom stereocenters. The molecule has 0 spiro atoms. The number of aromatic nitrogens is 1. The summed E-state index contributed by atoms with van der Waals surface area (Å²) in [7, 11) is 0. The summed E-state index contributed by atoms with van der Waals surface area (Å²) in [5, 5.41) is 11.0. The van der Waals surface area contributed by atoms with Crippen LogP contribution in [0.5, 0.6) is 0 Å². The predicted molar refractivity (Wildman–Crippen MR) is 82.2 cm³/mol. The van der Waals surface area contributed by atoms with E-state index < -0.39 is 33.4 Å². The lowest BCUT2D eigenvalue weighted by molar-refractivity contribution is -0.385. The SMILES string of the molecule is O=c1oc2c(c(=O)n1-c1cc([N+](=O)[O-])c(Br)cc1F)CCC=C2. The van der Waals surface area contributed by atoms with Crippen molar-refractivity contribution in [1.29, 1.82) is 0 Å². The van der Waals surface area contributed by atoms with Gasteiger partial charge >= 0.3 is 5.76 Å². The van der Waals surface area contributed by atoms with Crippen LogP contribution < -0.4 is 11.3 Å². The minimum absolute atomic E-state index is 0.0953. The smallest absolute Gasteiger partial charge is 0.409 e. The van der Waals surface area contributed by atoms with Gasteiger partial charge in [0.2, 0.25) is 0 Å². The largest absolute Gasteiger partial charge is 0.427 e. The molecule has 1 aliphatic rings. The van der Waals surface area contributed by atoms with Gasteiger partial charge in [-0.3, -0.25) is 14.9 Å². The topological polar surface area (TPSA) is 95.3 Å².